The standard InChI is InChI=1S/C50H97N2O6P/c1-6-8-10-12-14-16-18-20-22-24-25-26-27-28-29-31-33-35-37-39-41-43-49(53)48(47-58-59(55,56)57-46-45-52(3,4)5)51-50(54)44-42-40-38-36-34-32-30-23-21-19-17-15-13-11-9-7-2/h23,30,33,35,41,43,48-49,53H,6-22,24-29,31-32,34,36-40,42,44-47H2,1-5H3,(H-,51,54,55,56)/p+1/b30-23-,35-33+,43-41+. The Bertz CT molecular complexity index is 1060. The Morgan fingerprint density at radius 3 is 1.36 bits per heavy atom. The van der Waals surface area contributed by atoms with E-state index in [1.165, 1.54) is 154 Å². The Morgan fingerprint density at radius 2 is 0.932 bits per heavy atom. The summed E-state index contributed by atoms with van der Waals surface area (Å²) in [5.41, 5.74) is 0. The van der Waals surface area contributed by atoms with Crippen molar-refractivity contribution in [2.75, 3.05) is 40.9 Å². The van der Waals surface area contributed by atoms with Crippen molar-refractivity contribution in [1.29, 1.82) is 0 Å². The molecule has 0 fully saturated rings. The van der Waals surface area contributed by atoms with Crippen molar-refractivity contribution in [2.24, 2.45) is 0 Å². The molecule has 0 aromatic carbocycles. The highest BCUT2D eigenvalue weighted by Crippen LogP contribution is 2.43. The molecule has 0 radical (unpaired) electrons. The lowest BCUT2D eigenvalue weighted by Gasteiger charge is -2.25. The van der Waals surface area contributed by atoms with E-state index in [9.17, 15) is 19.4 Å². The van der Waals surface area contributed by atoms with E-state index in [-0.39, 0.29) is 19.1 Å². The van der Waals surface area contributed by atoms with Crippen LogP contribution in [0.15, 0.2) is 36.5 Å². The van der Waals surface area contributed by atoms with Crippen molar-refractivity contribution in [1.82, 2.24) is 5.32 Å². The second kappa shape index (κ2) is 42.0. The summed E-state index contributed by atoms with van der Waals surface area (Å²) >= 11 is 0. The Hall–Kier alpha value is -1.28. The van der Waals surface area contributed by atoms with Gasteiger partial charge in [0.2, 0.25) is 5.91 Å². The molecule has 0 aliphatic carbocycles. The number of nitrogens with zero attached hydrogens (tertiary/aromatic N) is 1. The van der Waals surface area contributed by atoms with Gasteiger partial charge in [0.15, 0.2) is 0 Å². The molecule has 59 heavy (non-hydrogen) atoms. The Labute approximate surface area is 366 Å². The molecule has 0 saturated heterocycles. The number of phosphoric ester groups is 1. The van der Waals surface area contributed by atoms with E-state index >= 15 is 0 Å². The molecule has 0 aromatic heterocycles. The summed E-state index contributed by atoms with van der Waals surface area (Å²) in [4.78, 5) is 23.2. The molecule has 9 heteroatoms. The maximum Gasteiger partial charge on any atom is 0.472 e. The number of hydrogen-bond acceptors (Lipinski definition) is 5. The molecule has 3 atom stereocenters. The minimum Gasteiger partial charge on any atom is -0.387 e. The number of carbonyl (C=O) groups excluding carboxylic acids is 1. The molecule has 8 nitrogen and oxygen atoms in total. The van der Waals surface area contributed by atoms with E-state index in [1.54, 1.807) is 6.08 Å². The van der Waals surface area contributed by atoms with Crippen LogP contribution in [0, 0.1) is 0 Å². The van der Waals surface area contributed by atoms with Gasteiger partial charge in [-0.05, 0) is 57.8 Å². The zero-order chi connectivity index (χ0) is 43.6. The lowest BCUT2D eigenvalue weighted by molar-refractivity contribution is -0.870. The third-order valence-corrected chi connectivity index (χ3v) is 12.1. The van der Waals surface area contributed by atoms with Gasteiger partial charge in [-0.1, -0.05) is 198 Å². The molecular weight excluding hydrogens is 756 g/mol. The average molecular weight is 854 g/mol. The number of allylic oxidation sites excluding steroid dienone is 5. The fraction of sp³-hybridized carbons (Fsp3) is 0.860. The molecule has 0 aromatic rings. The second-order valence-corrected chi connectivity index (χ2v) is 19.6. The predicted octanol–water partition coefficient (Wildman–Crippen LogP) is 14.3. The number of hydrogen-bond donors (Lipinski definition) is 3. The van der Waals surface area contributed by atoms with Gasteiger partial charge in [0.05, 0.1) is 39.9 Å². The summed E-state index contributed by atoms with van der Waals surface area (Å²) in [6, 6.07) is -0.866. The molecule has 3 N–H and O–H groups in total. The number of unbranched alkanes of at least 4 members (excludes halogenated alkanes) is 28. The van der Waals surface area contributed by atoms with Crippen molar-refractivity contribution in [3.05, 3.63) is 36.5 Å². The van der Waals surface area contributed by atoms with Crippen LogP contribution in [0.25, 0.3) is 0 Å². The minimum absolute atomic E-state index is 0.0548. The highest BCUT2D eigenvalue weighted by Gasteiger charge is 2.27. The van der Waals surface area contributed by atoms with Gasteiger partial charge in [-0.3, -0.25) is 13.8 Å². The quantitative estimate of drug-likeness (QED) is 0.0244. The molecule has 0 saturated carbocycles. The number of aliphatic hydroxyl groups excluding tert-OH is 1. The van der Waals surface area contributed by atoms with Crippen LogP contribution in [0.1, 0.15) is 226 Å². The van der Waals surface area contributed by atoms with Gasteiger partial charge in [0.1, 0.15) is 13.2 Å². The lowest BCUT2D eigenvalue weighted by atomic mass is 10.0. The molecule has 348 valence electrons. The number of likely N-dealkylation sites (N-methyl/N-ethyl adjacent to an activating group) is 1. The third kappa shape index (κ3) is 44.6. The second-order valence-electron chi connectivity index (χ2n) is 18.2. The van der Waals surface area contributed by atoms with Gasteiger partial charge < -0.3 is 19.8 Å². The molecule has 1 amide bonds. The average Bonchev–Trinajstić information content (AvgIpc) is 3.19. The zero-order valence-corrected chi connectivity index (χ0v) is 40.4. The highest BCUT2D eigenvalue weighted by molar-refractivity contribution is 7.47. The number of phosphoric acid groups is 1. The first-order chi connectivity index (χ1) is 28.5. The Kier molecular flexibility index (Phi) is 41.1. The fourth-order valence-corrected chi connectivity index (χ4v) is 7.85. The van der Waals surface area contributed by atoms with E-state index in [0.29, 0.717) is 17.4 Å². The number of aliphatic hydroxyl groups is 1. The molecule has 3 unspecified atom stereocenters. The Morgan fingerprint density at radius 1 is 0.559 bits per heavy atom. The van der Waals surface area contributed by atoms with E-state index in [4.69, 9.17) is 9.05 Å². The molecule has 0 aliphatic rings. The molecule has 0 aliphatic heterocycles. The summed E-state index contributed by atoms with van der Waals surface area (Å²) in [5.74, 6) is -0.195. The molecule has 0 heterocycles. The first-order valence-corrected chi connectivity index (χ1v) is 26.4. The van der Waals surface area contributed by atoms with Gasteiger partial charge in [0.25, 0.3) is 0 Å². The first-order valence-electron chi connectivity index (χ1n) is 24.9. The molecule has 0 spiro atoms. The summed E-state index contributed by atoms with van der Waals surface area (Å²) in [5, 5.41) is 13.8. The monoisotopic (exact) mass is 854 g/mol. The summed E-state index contributed by atoms with van der Waals surface area (Å²) < 4.78 is 23.6. The maximum atomic E-state index is 12.9. The van der Waals surface area contributed by atoms with Crippen LogP contribution in [0.3, 0.4) is 0 Å². The third-order valence-electron chi connectivity index (χ3n) is 11.1. The zero-order valence-electron chi connectivity index (χ0n) is 39.5. The number of nitrogens with one attached hydrogen (secondary N) is 1. The van der Waals surface area contributed by atoms with Crippen LogP contribution >= 0.6 is 7.82 Å². The van der Waals surface area contributed by atoms with Crippen LogP contribution in [-0.4, -0.2) is 73.4 Å². The maximum absolute atomic E-state index is 12.9. The summed E-state index contributed by atoms with van der Waals surface area (Å²) in [7, 11) is 1.55. The lowest BCUT2D eigenvalue weighted by Crippen LogP contribution is -2.45. The fourth-order valence-electron chi connectivity index (χ4n) is 7.11. The van der Waals surface area contributed by atoms with E-state index < -0.39 is 20.0 Å². The Balaban J connectivity index is 4.39. The van der Waals surface area contributed by atoms with Crippen LogP contribution in [-0.2, 0) is 18.4 Å². The van der Waals surface area contributed by atoms with Gasteiger partial charge in [0, 0.05) is 6.42 Å². The summed E-state index contributed by atoms with van der Waals surface area (Å²) in [6.45, 7) is 4.80. The van der Waals surface area contributed by atoms with Crippen LogP contribution in [0.2, 0.25) is 0 Å². The van der Waals surface area contributed by atoms with Crippen LogP contribution in [0.5, 0.6) is 0 Å². The largest absolute Gasteiger partial charge is 0.472 e. The van der Waals surface area contributed by atoms with E-state index in [1.807, 2.05) is 27.2 Å². The van der Waals surface area contributed by atoms with Gasteiger partial charge in [-0.2, -0.15) is 0 Å². The molecular formula is C50H98N2O6P+. The highest BCUT2D eigenvalue weighted by atomic mass is 31.2. The number of amides is 1. The van der Waals surface area contributed by atoms with Crippen molar-refractivity contribution in [3.63, 3.8) is 0 Å². The SMILES string of the molecule is CCCCCCCCC/C=C\CCCCCCCC(=O)NC(COP(=O)(O)OCC[N+](C)(C)C)C(O)/C=C/CC/C=C/CCCCCCCCCCCCCCCCC. The van der Waals surface area contributed by atoms with Crippen molar-refractivity contribution in [2.45, 2.75) is 238 Å². The summed E-state index contributed by atoms with van der Waals surface area (Å²) in [6.07, 6.45) is 52.2. The van der Waals surface area contributed by atoms with E-state index in [2.05, 4.69) is 43.5 Å². The normalized spacial score (nSPS) is 14.5. The number of quaternary nitrogens is 1. The minimum atomic E-state index is -4.35. The molecule has 0 bridgehead atoms. The van der Waals surface area contributed by atoms with Gasteiger partial charge in [-0.15, -0.1) is 0 Å². The van der Waals surface area contributed by atoms with Gasteiger partial charge in [-0.25, -0.2) is 4.57 Å². The van der Waals surface area contributed by atoms with Crippen LogP contribution < -0.4 is 5.32 Å². The smallest absolute Gasteiger partial charge is 0.387 e. The van der Waals surface area contributed by atoms with Crippen molar-refractivity contribution < 1.29 is 32.9 Å². The predicted molar refractivity (Wildman–Crippen MR) is 254 cm³/mol. The number of rotatable bonds is 45. The van der Waals surface area contributed by atoms with Crippen molar-refractivity contribution in [3.8, 4) is 0 Å². The number of carbonyl (C=O) groups is 1. The van der Waals surface area contributed by atoms with Crippen molar-refractivity contribution >= 4 is 13.7 Å². The van der Waals surface area contributed by atoms with Crippen LogP contribution in [0.4, 0.5) is 0 Å². The van der Waals surface area contributed by atoms with Gasteiger partial charge >= 0.3 is 7.82 Å². The molecule has 0 rings (SSSR count). The topological polar surface area (TPSA) is 105 Å². The first kappa shape index (κ1) is 57.7. The van der Waals surface area contributed by atoms with E-state index in [0.717, 1.165) is 51.4 Å².